The summed E-state index contributed by atoms with van der Waals surface area (Å²) in [5.74, 6) is -1.15. The summed E-state index contributed by atoms with van der Waals surface area (Å²) in [5.41, 5.74) is 5.06. The SMILES string of the molecule is Cc1ncsc1-c1ccc(CNC(=O)[C@@H]2C[C@H](O)CN2C(=O)[C@@H](NC(=O)COCCCOCCNC(=O)COc2ccc(C3CCN(C4=Nn5c(nnc5C(F)(F)F)CC4)CC3)cc2)C(C)(C)C)cc1. The van der Waals surface area contributed by atoms with Crippen LogP contribution in [0.25, 0.3) is 10.4 Å². The van der Waals surface area contributed by atoms with E-state index in [0.717, 1.165) is 44.8 Å². The summed E-state index contributed by atoms with van der Waals surface area (Å²) in [7, 11) is 0. The number of aryl methyl sites for hydroxylation is 2. The molecule has 22 heteroatoms. The summed E-state index contributed by atoms with van der Waals surface area (Å²) >= 11 is 1.56. The number of benzene rings is 2. The van der Waals surface area contributed by atoms with E-state index in [2.05, 4.69) is 36.2 Å². The Morgan fingerprint density at radius 3 is 2.31 bits per heavy atom. The number of amides is 4. The molecule has 0 radical (unpaired) electrons. The minimum absolute atomic E-state index is 0.0348. The van der Waals surface area contributed by atoms with E-state index in [1.54, 1.807) is 16.8 Å². The molecule has 0 saturated carbocycles. The molecular weight excluding hydrogens is 934 g/mol. The zero-order chi connectivity index (χ0) is 50.0. The average Bonchev–Trinajstić information content (AvgIpc) is 4.09. The molecule has 4 amide bonds. The van der Waals surface area contributed by atoms with Crippen LogP contribution in [0.4, 0.5) is 13.2 Å². The predicted octanol–water partition coefficient (Wildman–Crippen LogP) is 4.44. The third-order valence-electron chi connectivity index (χ3n) is 12.4. The number of ether oxygens (including phenoxy) is 3. The second-order valence-electron chi connectivity index (χ2n) is 18.7. The first-order valence-corrected chi connectivity index (χ1v) is 24.4. The number of rotatable bonds is 19. The molecule has 18 nitrogen and oxygen atoms in total. The smallest absolute Gasteiger partial charge is 0.453 e. The van der Waals surface area contributed by atoms with Gasteiger partial charge in [0.2, 0.25) is 17.7 Å². The number of hydrogen-bond donors (Lipinski definition) is 4. The van der Waals surface area contributed by atoms with E-state index in [-0.39, 0.29) is 76.0 Å². The Hall–Kier alpha value is -5.97. The highest BCUT2D eigenvalue weighted by molar-refractivity contribution is 7.13. The first-order chi connectivity index (χ1) is 33.4. The van der Waals surface area contributed by atoms with Crippen LogP contribution in [0.1, 0.15) is 87.3 Å². The molecule has 2 aromatic carbocycles. The van der Waals surface area contributed by atoms with Crippen molar-refractivity contribution in [2.45, 2.75) is 103 Å². The molecule has 4 aromatic rings. The number of aliphatic hydroxyl groups excluding tert-OH is 1. The van der Waals surface area contributed by atoms with Gasteiger partial charge in [-0.05, 0) is 66.3 Å². The molecule has 7 rings (SSSR count). The molecule has 378 valence electrons. The third-order valence-corrected chi connectivity index (χ3v) is 13.4. The largest absolute Gasteiger partial charge is 0.484 e. The van der Waals surface area contributed by atoms with Crippen LogP contribution in [0.15, 0.2) is 59.1 Å². The highest BCUT2D eigenvalue weighted by Crippen LogP contribution is 2.33. The lowest BCUT2D eigenvalue weighted by molar-refractivity contribution is -0.147. The van der Waals surface area contributed by atoms with Crippen molar-refractivity contribution >= 4 is 40.8 Å². The molecule has 3 atom stereocenters. The van der Waals surface area contributed by atoms with Crippen molar-refractivity contribution in [1.29, 1.82) is 0 Å². The van der Waals surface area contributed by atoms with Gasteiger partial charge in [0.15, 0.2) is 12.4 Å². The highest BCUT2D eigenvalue weighted by atomic mass is 32.1. The van der Waals surface area contributed by atoms with Crippen molar-refractivity contribution in [3.63, 3.8) is 0 Å². The van der Waals surface area contributed by atoms with Crippen molar-refractivity contribution in [3.05, 3.63) is 82.5 Å². The van der Waals surface area contributed by atoms with Crippen LogP contribution >= 0.6 is 11.3 Å². The lowest BCUT2D eigenvalue weighted by atomic mass is 9.85. The van der Waals surface area contributed by atoms with Crippen LogP contribution < -0.4 is 20.7 Å². The summed E-state index contributed by atoms with van der Waals surface area (Å²) in [6.07, 6.45) is -2.50. The van der Waals surface area contributed by atoms with E-state index < -0.39 is 47.4 Å². The van der Waals surface area contributed by atoms with E-state index >= 15 is 0 Å². The number of thiazole rings is 1. The van der Waals surface area contributed by atoms with Crippen molar-refractivity contribution < 1.29 is 51.7 Å². The van der Waals surface area contributed by atoms with E-state index in [4.69, 9.17) is 14.2 Å². The first kappa shape index (κ1) is 51.9. The molecule has 0 unspecified atom stereocenters. The molecule has 2 aromatic heterocycles. The van der Waals surface area contributed by atoms with Gasteiger partial charge >= 0.3 is 6.18 Å². The Kier molecular flexibility index (Phi) is 17.3. The van der Waals surface area contributed by atoms with Crippen LogP contribution in [0.3, 0.4) is 0 Å². The number of halogens is 3. The van der Waals surface area contributed by atoms with Crippen LogP contribution in [0.5, 0.6) is 5.75 Å². The fraction of sp³-hybridized carbons (Fsp3) is 0.542. The molecule has 0 aliphatic carbocycles. The Morgan fingerprint density at radius 2 is 1.63 bits per heavy atom. The van der Waals surface area contributed by atoms with Crippen LogP contribution in [-0.4, -0.2) is 142 Å². The minimum Gasteiger partial charge on any atom is -0.484 e. The third kappa shape index (κ3) is 13.7. The maximum absolute atomic E-state index is 13.9. The summed E-state index contributed by atoms with van der Waals surface area (Å²) in [6, 6.07) is 13.5. The fourth-order valence-corrected chi connectivity index (χ4v) is 9.45. The Balaban J connectivity index is 0.737. The zero-order valence-electron chi connectivity index (χ0n) is 39.8. The van der Waals surface area contributed by atoms with Crippen molar-refractivity contribution in [1.82, 2.24) is 45.6 Å². The molecule has 2 saturated heterocycles. The second-order valence-corrected chi connectivity index (χ2v) is 19.6. The van der Waals surface area contributed by atoms with Crippen LogP contribution in [0, 0.1) is 12.3 Å². The molecule has 4 N–H and O–H groups in total. The van der Waals surface area contributed by atoms with E-state index in [0.29, 0.717) is 50.5 Å². The van der Waals surface area contributed by atoms with E-state index in [9.17, 15) is 37.5 Å². The number of amidine groups is 1. The maximum Gasteiger partial charge on any atom is 0.453 e. The Bertz CT molecular complexity index is 2450. The van der Waals surface area contributed by atoms with Gasteiger partial charge in [0, 0.05) is 65.2 Å². The predicted molar refractivity (Wildman–Crippen MR) is 253 cm³/mol. The summed E-state index contributed by atoms with van der Waals surface area (Å²) < 4.78 is 57.7. The molecular formula is C48H61F3N10O8S. The summed E-state index contributed by atoms with van der Waals surface area (Å²) in [5, 5.41) is 30.2. The van der Waals surface area contributed by atoms with Gasteiger partial charge < -0.3 is 45.1 Å². The van der Waals surface area contributed by atoms with Crippen molar-refractivity contribution in [2.75, 3.05) is 59.2 Å². The van der Waals surface area contributed by atoms with Crippen molar-refractivity contribution in [3.8, 4) is 16.2 Å². The molecule has 5 heterocycles. The minimum atomic E-state index is -4.63. The zero-order valence-corrected chi connectivity index (χ0v) is 40.6. The molecule has 0 spiro atoms. The fourth-order valence-electron chi connectivity index (χ4n) is 8.64. The van der Waals surface area contributed by atoms with Crippen molar-refractivity contribution in [2.24, 2.45) is 10.5 Å². The number of carbonyl (C=O) groups is 4. The van der Waals surface area contributed by atoms with Crippen LogP contribution in [-0.2, 0) is 47.8 Å². The molecule has 0 bridgehead atoms. The summed E-state index contributed by atoms with van der Waals surface area (Å²) in [6.45, 7) is 9.49. The Labute approximate surface area is 408 Å². The number of alkyl halides is 3. The van der Waals surface area contributed by atoms with E-state index in [1.807, 2.05) is 81.1 Å². The average molecular weight is 995 g/mol. The quantitative estimate of drug-likeness (QED) is 0.0961. The number of aliphatic hydroxyl groups is 1. The number of carbonyl (C=O) groups excluding carboxylic acids is 4. The number of likely N-dealkylation sites (tertiary alicyclic amines) is 2. The summed E-state index contributed by atoms with van der Waals surface area (Å²) in [4.78, 5) is 61.5. The number of nitrogens with one attached hydrogen (secondary N) is 3. The van der Waals surface area contributed by atoms with Gasteiger partial charge in [0.1, 0.15) is 30.3 Å². The van der Waals surface area contributed by atoms with Gasteiger partial charge in [0.05, 0.1) is 28.8 Å². The van der Waals surface area contributed by atoms with Crippen LogP contribution in [0.2, 0.25) is 0 Å². The van der Waals surface area contributed by atoms with Gasteiger partial charge in [-0.3, -0.25) is 19.2 Å². The molecule has 2 fully saturated rings. The highest BCUT2D eigenvalue weighted by Gasteiger charge is 2.45. The van der Waals surface area contributed by atoms with Gasteiger partial charge in [-0.2, -0.15) is 22.9 Å². The molecule has 3 aliphatic heterocycles. The first-order valence-electron chi connectivity index (χ1n) is 23.5. The number of β-amino-alcohol motifs (C(OH)–C–C–N with tert-alkyl or cyclic N) is 1. The van der Waals surface area contributed by atoms with Gasteiger partial charge in [-0.25, -0.2) is 4.98 Å². The normalized spacial score (nSPS) is 18.0. The molecule has 70 heavy (non-hydrogen) atoms. The number of fused-ring (bicyclic) bond motifs is 1. The second kappa shape index (κ2) is 23.3. The lowest BCUT2D eigenvalue weighted by Crippen LogP contribution is -2.58. The standard InChI is InChI=1S/C48H61F3N10O8S/c1-30-42(70-29-54-30)34-8-6-31(7-9-34)25-53-44(65)37-24-35(62)26-60(37)45(66)43(47(2,3)4)55-41(64)27-68-22-5-21-67-23-18-52-40(63)28-69-36-12-10-32(11-13-36)33-16-19-59(20-17-33)39-15-14-38-56-57-46(48(49,50)51)61(38)58-39/h6-13,29,33,35,37,43,62H,5,14-28H2,1-4H3,(H,52,63)(H,53,65)(H,55,64)/t35-,37-,43+/m0/s1. The molecule has 3 aliphatic rings. The Morgan fingerprint density at radius 1 is 0.900 bits per heavy atom. The number of aromatic nitrogens is 4. The number of nitrogens with zero attached hydrogens (tertiary/aromatic N) is 7. The number of hydrogen-bond acceptors (Lipinski definition) is 14. The maximum atomic E-state index is 13.9. The van der Waals surface area contributed by atoms with Gasteiger partial charge in [-0.15, -0.1) is 21.5 Å². The topological polar surface area (TPSA) is 215 Å². The number of piperidine rings is 1. The van der Waals surface area contributed by atoms with E-state index in [1.165, 1.54) is 4.90 Å². The van der Waals surface area contributed by atoms with Gasteiger partial charge in [0.25, 0.3) is 11.7 Å². The monoisotopic (exact) mass is 994 g/mol. The van der Waals surface area contributed by atoms with Gasteiger partial charge in [-0.1, -0.05) is 57.2 Å². The lowest BCUT2D eigenvalue weighted by Gasteiger charge is -2.35.